The predicted octanol–water partition coefficient (Wildman–Crippen LogP) is 0.825. The Morgan fingerprint density at radius 3 is 2.41 bits per heavy atom. The van der Waals surface area contributed by atoms with Gasteiger partial charge in [-0.2, -0.15) is 0 Å². The van der Waals surface area contributed by atoms with Crippen LogP contribution in [0.2, 0.25) is 0 Å². The second kappa shape index (κ2) is 5.37. The van der Waals surface area contributed by atoms with Crippen LogP contribution >= 0.6 is 0 Å². The highest BCUT2D eigenvalue weighted by atomic mass is 32.2. The Bertz CT molecular complexity index is 482. The molecule has 6 heteroatoms. The summed E-state index contributed by atoms with van der Waals surface area (Å²) in [5, 5.41) is 0. The molecule has 1 unspecified atom stereocenters. The fourth-order valence-corrected chi connectivity index (χ4v) is 3.06. The van der Waals surface area contributed by atoms with E-state index in [-0.39, 0.29) is 16.4 Å². The van der Waals surface area contributed by atoms with E-state index in [4.69, 9.17) is 15.2 Å². The Morgan fingerprint density at radius 1 is 1.29 bits per heavy atom. The van der Waals surface area contributed by atoms with Gasteiger partial charge in [-0.1, -0.05) is 0 Å². The van der Waals surface area contributed by atoms with Crippen LogP contribution in [0, 0.1) is 0 Å². The minimum Gasteiger partial charge on any atom is -0.497 e. The van der Waals surface area contributed by atoms with Crippen molar-refractivity contribution in [3.05, 3.63) is 18.2 Å². The fourth-order valence-electron chi connectivity index (χ4n) is 1.47. The summed E-state index contributed by atoms with van der Waals surface area (Å²) in [5.41, 5.74) is 5.52. The number of methoxy groups -OCH3 is 2. The Hall–Kier alpha value is -1.27. The second-order valence-electron chi connectivity index (χ2n) is 3.78. The van der Waals surface area contributed by atoms with Crippen LogP contribution in [0.4, 0.5) is 0 Å². The standard InChI is InChI=1S/C11H17NO4S/c1-8(12)7-17(13,14)11-5-4-9(15-2)6-10(11)16-3/h4-6,8H,7,12H2,1-3H3. The molecule has 0 fully saturated rings. The second-order valence-corrected chi connectivity index (χ2v) is 5.78. The molecule has 96 valence electrons. The zero-order chi connectivity index (χ0) is 13.1. The van der Waals surface area contributed by atoms with Gasteiger partial charge in [0.2, 0.25) is 0 Å². The molecule has 1 rings (SSSR count). The van der Waals surface area contributed by atoms with E-state index >= 15 is 0 Å². The molecule has 0 aromatic heterocycles. The number of rotatable bonds is 5. The molecule has 2 N–H and O–H groups in total. The van der Waals surface area contributed by atoms with Gasteiger partial charge in [-0.15, -0.1) is 0 Å². The Balaban J connectivity index is 3.22. The minimum atomic E-state index is -3.43. The topological polar surface area (TPSA) is 78.6 Å². The first kappa shape index (κ1) is 13.8. The Kier molecular flexibility index (Phi) is 4.36. The van der Waals surface area contributed by atoms with E-state index < -0.39 is 15.9 Å². The monoisotopic (exact) mass is 259 g/mol. The van der Waals surface area contributed by atoms with Gasteiger partial charge in [0.25, 0.3) is 0 Å². The van der Waals surface area contributed by atoms with Gasteiger partial charge in [0.15, 0.2) is 9.84 Å². The van der Waals surface area contributed by atoms with Crippen LogP contribution in [-0.2, 0) is 9.84 Å². The van der Waals surface area contributed by atoms with Crippen molar-refractivity contribution in [3.8, 4) is 11.5 Å². The molecular formula is C11H17NO4S. The summed E-state index contributed by atoms with van der Waals surface area (Å²) in [7, 11) is -0.512. The van der Waals surface area contributed by atoms with Crippen molar-refractivity contribution in [1.29, 1.82) is 0 Å². The van der Waals surface area contributed by atoms with E-state index in [1.807, 2.05) is 0 Å². The molecule has 0 saturated heterocycles. The summed E-state index contributed by atoms with van der Waals surface area (Å²) in [6.45, 7) is 1.65. The normalized spacial score (nSPS) is 13.2. The molecule has 1 aromatic carbocycles. The number of hydrogen-bond donors (Lipinski definition) is 1. The molecule has 1 atom stereocenters. The summed E-state index contributed by atoms with van der Waals surface area (Å²) >= 11 is 0. The number of benzene rings is 1. The average Bonchev–Trinajstić information content (AvgIpc) is 2.26. The van der Waals surface area contributed by atoms with E-state index in [0.29, 0.717) is 5.75 Å². The van der Waals surface area contributed by atoms with Gasteiger partial charge in [0.1, 0.15) is 16.4 Å². The molecule has 0 heterocycles. The number of hydrogen-bond acceptors (Lipinski definition) is 5. The quantitative estimate of drug-likeness (QED) is 0.847. The molecule has 1 aromatic rings. The van der Waals surface area contributed by atoms with Crippen LogP contribution in [0.25, 0.3) is 0 Å². The fraction of sp³-hybridized carbons (Fsp3) is 0.455. The molecule has 0 spiro atoms. The SMILES string of the molecule is COc1ccc(S(=O)(=O)CC(C)N)c(OC)c1. The molecule has 0 aliphatic rings. The first-order valence-corrected chi connectivity index (χ1v) is 6.76. The van der Waals surface area contributed by atoms with Crippen molar-refractivity contribution >= 4 is 9.84 Å². The highest BCUT2D eigenvalue weighted by molar-refractivity contribution is 7.91. The van der Waals surface area contributed by atoms with E-state index in [1.165, 1.54) is 26.4 Å². The van der Waals surface area contributed by atoms with Gasteiger partial charge >= 0.3 is 0 Å². The molecule has 5 nitrogen and oxygen atoms in total. The summed E-state index contributed by atoms with van der Waals surface area (Å²) in [5.74, 6) is 0.696. The average molecular weight is 259 g/mol. The molecular weight excluding hydrogens is 242 g/mol. The van der Waals surface area contributed by atoms with Gasteiger partial charge in [0.05, 0.1) is 20.0 Å². The zero-order valence-electron chi connectivity index (χ0n) is 10.1. The molecule has 0 aliphatic heterocycles. The van der Waals surface area contributed by atoms with E-state index in [9.17, 15) is 8.42 Å². The lowest BCUT2D eigenvalue weighted by molar-refractivity contribution is 0.386. The van der Waals surface area contributed by atoms with Crippen molar-refractivity contribution in [2.45, 2.75) is 17.9 Å². The van der Waals surface area contributed by atoms with Gasteiger partial charge in [-0.05, 0) is 19.1 Å². The van der Waals surface area contributed by atoms with E-state index in [0.717, 1.165) is 0 Å². The first-order chi connectivity index (χ1) is 7.90. The van der Waals surface area contributed by atoms with Gasteiger partial charge in [0, 0.05) is 12.1 Å². The van der Waals surface area contributed by atoms with Gasteiger partial charge < -0.3 is 15.2 Å². The molecule has 17 heavy (non-hydrogen) atoms. The highest BCUT2D eigenvalue weighted by Gasteiger charge is 2.21. The van der Waals surface area contributed by atoms with E-state index in [2.05, 4.69) is 0 Å². The predicted molar refractivity (Wildman–Crippen MR) is 65.2 cm³/mol. The Labute approximate surface area is 101 Å². The molecule has 0 bridgehead atoms. The van der Waals surface area contributed by atoms with Gasteiger partial charge in [-0.25, -0.2) is 8.42 Å². The van der Waals surface area contributed by atoms with E-state index in [1.54, 1.807) is 13.0 Å². The van der Waals surface area contributed by atoms with Gasteiger partial charge in [-0.3, -0.25) is 0 Å². The van der Waals surface area contributed by atoms with Crippen LogP contribution in [0.3, 0.4) is 0 Å². The maximum Gasteiger partial charge on any atom is 0.183 e. The van der Waals surface area contributed by atoms with Crippen molar-refractivity contribution in [2.24, 2.45) is 5.73 Å². The van der Waals surface area contributed by atoms with Crippen LogP contribution in [0.5, 0.6) is 11.5 Å². The van der Waals surface area contributed by atoms with Crippen molar-refractivity contribution < 1.29 is 17.9 Å². The summed E-state index contributed by atoms with van der Waals surface area (Å²) in [6.07, 6.45) is 0. The first-order valence-electron chi connectivity index (χ1n) is 5.11. The number of sulfone groups is 1. The summed E-state index contributed by atoms with van der Waals surface area (Å²) < 4.78 is 34.1. The molecule has 0 radical (unpaired) electrons. The highest BCUT2D eigenvalue weighted by Crippen LogP contribution is 2.29. The zero-order valence-corrected chi connectivity index (χ0v) is 11.0. The molecule has 0 aliphatic carbocycles. The lowest BCUT2D eigenvalue weighted by Gasteiger charge is -2.12. The largest absolute Gasteiger partial charge is 0.497 e. The maximum atomic E-state index is 12.0. The lowest BCUT2D eigenvalue weighted by Crippen LogP contribution is -2.26. The summed E-state index contributed by atoms with van der Waals surface area (Å²) in [4.78, 5) is 0.137. The Morgan fingerprint density at radius 2 is 1.94 bits per heavy atom. The molecule has 0 amide bonds. The molecule has 0 saturated carbocycles. The number of nitrogens with two attached hydrogens (primary N) is 1. The van der Waals surface area contributed by atoms with Crippen molar-refractivity contribution in [3.63, 3.8) is 0 Å². The third kappa shape index (κ3) is 3.34. The lowest BCUT2D eigenvalue weighted by atomic mass is 10.3. The van der Waals surface area contributed by atoms with Crippen molar-refractivity contribution in [2.75, 3.05) is 20.0 Å². The van der Waals surface area contributed by atoms with Crippen LogP contribution in [0.15, 0.2) is 23.1 Å². The smallest absolute Gasteiger partial charge is 0.183 e. The minimum absolute atomic E-state index is 0.115. The summed E-state index contributed by atoms with van der Waals surface area (Å²) in [6, 6.07) is 4.16. The number of ether oxygens (including phenoxy) is 2. The third-order valence-electron chi connectivity index (χ3n) is 2.19. The maximum absolute atomic E-state index is 12.0. The van der Waals surface area contributed by atoms with Crippen LogP contribution in [0.1, 0.15) is 6.92 Å². The van der Waals surface area contributed by atoms with Crippen molar-refractivity contribution in [1.82, 2.24) is 0 Å². The third-order valence-corrected chi connectivity index (χ3v) is 4.16. The van der Waals surface area contributed by atoms with Crippen LogP contribution < -0.4 is 15.2 Å². The van der Waals surface area contributed by atoms with Crippen LogP contribution in [-0.4, -0.2) is 34.4 Å².